The predicted octanol–water partition coefficient (Wildman–Crippen LogP) is 0.634. The summed E-state index contributed by atoms with van der Waals surface area (Å²) in [6.45, 7) is 6.76. The Morgan fingerprint density at radius 2 is 2.00 bits per heavy atom. The van der Waals surface area contributed by atoms with Gasteiger partial charge in [0.15, 0.2) is 0 Å². The molecule has 0 aromatic carbocycles. The van der Waals surface area contributed by atoms with Crippen molar-refractivity contribution in [2.24, 2.45) is 11.7 Å². The molecule has 17 heavy (non-hydrogen) atoms. The third-order valence-corrected chi connectivity index (χ3v) is 5.57. The van der Waals surface area contributed by atoms with Gasteiger partial charge in [-0.05, 0) is 31.7 Å². The molecule has 0 aromatic heterocycles. The fourth-order valence-electron chi connectivity index (χ4n) is 2.42. The van der Waals surface area contributed by atoms with Gasteiger partial charge in [0.05, 0.1) is 0 Å². The Balaban J connectivity index is 2.70. The van der Waals surface area contributed by atoms with Crippen molar-refractivity contribution in [2.45, 2.75) is 33.1 Å². The highest BCUT2D eigenvalue weighted by Crippen LogP contribution is 2.22. The first-order chi connectivity index (χ1) is 8.06. The lowest BCUT2D eigenvalue weighted by atomic mass is 9.96. The smallest absolute Gasteiger partial charge is 0.281 e. The van der Waals surface area contributed by atoms with E-state index in [1.165, 1.54) is 4.31 Å². The Hall–Kier alpha value is -0.170. The quantitative estimate of drug-likeness (QED) is 0.764. The molecular formula is C11H25N3O2S. The Morgan fingerprint density at radius 3 is 2.53 bits per heavy atom. The molecule has 0 saturated carbocycles. The first-order valence-corrected chi connectivity index (χ1v) is 7.91. The monoisotopic (exact) mass is 263 g/mol. The van der Waals surface area contributed by atoms with E-state index in [4.69, 9.17) is 5.73 Å². The molecular weight excluding hydrogens is 238 g/mol. The Labute approximate surface area is 105 Å². The summed E-state index contributed by atoms with van der Waals surface area (Å²) in [4.78, 5) is 0. The largest absolute Gasteiger partial charge is 0.330 e. The maximum Gasteiger partial charge on any atom is 0.281 e. The first kappa shape index (κ1) is 14.9. The van der Waals surface area contributed by atoms with Crippen LogP contribution in [-0.4, -0.2) is 49.8 Å². The van der Waals surface area contributed by atoms with Crippen LogP contribution in [0.25, 0.3) is 0 Å². The second kappa shape index (κ2) is 6.68. The molecule has 1 aliphatic rings. The first-order valence-electron chi connectivity index (χ1n) is 6.51. The summed E-state index contributed by atoms with van der Waals surface area (Å²) in [5, 5.41) is 0. The number of nitrogens with two attached hydrogens (primary N) is 1. The van der Waals surface area contributed by atoms with Crippen LogP contribution in [0.4, 0.5) is 0 Å². The number of hydrogen-bond acceptors (Lipinski definition) is 3. The molecule has 2 N–H and O–H groups in total. The van der Waals surface area contributed by atoms with Crippen molar-refractivity contribution < 1.29 is 8.42 Å². The van der Waals surface area contributed by atoms with E-state index in [-0.39, 0.29) is 0 Å². The summed E-state index contributed by atoms with van der Waals surface area (Å²) in [5.41, 5.74) is 5.55. The molecule has 0 radical (unpaired) electrons. The normalized spacial score (nSPS) is 23.2. The number of rotatable bonds is 6. The molecule has 1 unspecified atom stereocenters. The van der Waals surface area contributed by atoms with Crippen LogP contribution in [0, 0.1) is 5.92 Å². The summed E-state index contributed by atoms with van der Waals surface area (Å²) in [5.74, 6) is 0.430. The highest BCUT2D eigenvalue weighted by molar-refractivity contribution is 7.86. The van der Waals surface area contributed by atoms with Crippen LogP contribution in [0.15, 0.2) is 0 Å². The van der Waals surface area contributed by atoms with E-state index in [1.54, 1.807) is 4.31 Å². The fourth-order valence-corrected chi connectivity index (χ4v) is 4.16. The van der Waals surface area contributed by atoms with E-state index >= 15 is 0 Å². The molecule has 0 aromatic rings. The molecule has 6 heteroatoms. The van der Waals surface area contributed by atoms with Gasteiger partial charge in [0.2, 0.25) is 0 Å². The third-order valence-electron chi connectivity index (χ3n) is 3.41. The highest BCUT2D eigenvalue weighted by Gasteiger charge is 2.31. The lowest BCUT2D eigenvalue weighted by Crippen LogP contribution is -2.48. The summed E-state index contributed by atoms with van der Waals surface area (Å²) in [6, 6.07) is 0. The molecule has 102 valence electrons. The van der Waals surface area contributed by atoms with Crippen molar-refractivity contribution in [2.75, 3.05) is 32.7 Å². The van der Waals surface area contributed by atoms with Crippen LogP contribution in [0.1, 0.15) is 33.1 Å². The van der Waals surface area contributed by atoms with Crippen LogP contribution in [0.5, 0.6) is 0 Å². The average Bonchev–Trinajstić information content (AvgIpc) is 2.31. The Kier molecular flexibility index (Phi) is 5.85. The summed E-state index contributed by atoms with van der Waals surface area (Å²) in [7, 11) is -3.25. The lowest BCUT2D eigenvalue weighted by Gasteiger charge is -2.34. The van der Waals surface area contributed by atoms with E-state index in [2.05, 4.69) is 0 Å². The van der Waals surface area contributed by atoms with Gasteiger partial charge in [-0.15, -0.1) is 0 Å². The topological polar surface area (TPSA) is 66.6 Å². The van der Waals surface area contributed by atoms with E-state index in [0.29, 0.717) is 38.6 Å². The number of piperidine rings is 1. The molecule has 1 fully saturated rings. The van der Waals surface area contributed by atoms with E-state index in [0.717, 1.165) is 19.3 Å². The van der Waals surface area contributed by atoms with Crippen LogP contribution in [0.3, 0.4) is 0 Å². The van der Waals surface area contributed by atoms with Gasteiger partial charge < -0.3 is 5.73 Å². The Bertz CT molecular complexity index is 313. The molecule has 1 atom stereocenters. The Morgan fingerprint density at radius 1 is 1.35 bits per heavy atom. The van der Waals surface area contributed by atoms with Crippen LogP contribution in [0.2, 0.25) is 0 Å². The summed E-state index contributed by atoms with van der Waals surface area (Å²) < 4.78 is 27.8. The second-order valence-electron chi connectivity index (χ2n) is 4.54. The number of hydrogen-bond donors (Lipinski definition) is 1. The van der Waals surface area contributed by atoms with Gasteiger partial charge in [-0.2, -0.15) is 17.0 Å². The van der Waals surface area contributed by atoms with Crippen LogP contribution >= 0.6 is 0 Å². The molecule has 5 nitrogen and oxygen atoms in total. The van der Waals surface area contributed by atoms with Crippen molar-refractivity contribution in [1.29, 1.82) is 0 Å². The van der Waals surface area contributed by atoms with E-state index in [9.17, 15) is 8.42 Å². The van der Waals surface area contributed by atoms with Crippen LogP contribution < -0.4 is 5.73 Å². The maximum absolute atomic E-state index is 12.3. The molecule has 1 saturated heterocycles. The molecule has 0 aliphatic carbocycles. The minimum absolute atomic E-state index is 0.430. The molecule has 1 aliphatic heterocycles. The van der Waals surface area contributed by atoms with Crippen molar-refractivity contribution in [3.8, 4) is 0 Å². The number of nitrogens with zero attached hydrogens (tertiary/aromatic N) is 2. The lowest BCUT2D eigenvalue weighted by molar-refractivity contribution is 0.242. The standard InChI is InChI=1S/C11H25N3O2S/c1-3-13(4-2)17(15,16)14-9-5-6-11(10-14)7-8-12/h11H,3-10,12H2,1-2H3. The molecule has 0 amide bonds. The third kappa shape index (κ3) is 3.64. The van der Waals surface area contributed by atoms with Gasteiger partial charge in [0.25, 0.3) is 10.2 Å². The zero-order valence-corrected chi connectivity index (χ0v) is 11.7. The van der Waals surface area contributed by atoms with Crippen molar-refractivity contribution in [1.82, 2.24) is 8.61 Å². The molecule has 0 bridgehead atoms. The SMILES string of the molecule is CCN(CC)S(=O)(=O)N1CCCC(CCN)C1. The van der Waals surface area contributed by atoms with Gasteiger partial charge in [-0.3, -0.25) is 0 Å². The van der Waals surface area contributed by atoms with Gasteiger partial charge in [0, 0.05) is 26.2 Å². The zero-order chi connectivity index (χ0) is 12.9. The second-order valence-corrected chi connectivity index (χ2v) is 6.46. The van der Waals surface area contributed by atoms with Gasteiger partial charge in [-0.25, -0.2) is 0 Å². The maximum atomic E-state index is 12.3. The van der Waals surface area contributed by atoms with Gasteiger partial charge in [0.1, 0.15) is 0 Å². The molecule has 1 rings (SSSR count). The summed E-state index contributed by atoms with van der Waals surface area (Å²) in [6.07, 6.45) is 2.97. The average molecular weight is 263 g/mol. The van der Waals surface area contributed by atoms with Crippen molar-refractivity contribution in [3.05, 3.63) is 0 Å². The molecule has 0 spiro atoms. The predicted molar refractivity (Wildman–Crippen MR) is 69.8 cm³/mol. The van der Waals surface area contributed by atoms with Gasteiger partial charge >= 0.3 is 0 Å². The van der Waals surface area contributed by atoms with E-state index in [1.807, 2.05) is 13.8 Å². The highest BCUT2D eigenvalue weighted by atomic mass is 32.2. The minimum Gasteiger partial charge on any atom is -0.330 e. The van der Waals surface area contributed by atoms with Crippen molar-refractivity contribution >= 4 is 10.2 Å². The fraction of sp³-hybridized carbons (Fsp3) is 1.00. The van der Waals surface area contributed by atoms with Gasteiger partial charge in [-0.1, -0.05) is 13.8 Å². The zero-order valence-electron chi connectivity index (χ0n) is 10.9. The van der Waals surface area contributed by atoms with E-state index < -0.39 is 10.2 Å². The molecule has 1 heterocycles. The minimum atomic E-state index is -3.25. The van der Waals surface area contributed by atoms with Crippen molar-refractivity contribution in [3.63, 3.8) is 0 Å². The summed E-state index contributed by atoms with van der Waals surface area (Å²) >= 11 is 0. The van der Waals surface area contributed by atoms with Crippen LogP contribution in [-0.2, 0) is 10.2 Å².